The van der Waals surface area contributed by atoms with E-state index in [0.29, 0.717) is 49.4 Å². The second-order valence-electron chi connectivity index (χ2n) is 3.91. The number of ether oxygens (including phenoxy) is 2. The molecule has 0 aromatic rings. The monoisotopic (exact) mass is 438 g/mol. The molecule has 0 spiro atoms. The van der Waals surface area contributed by atoms with E-state index < -0.39 is 8.25 Å². The number of rotatable bonds is 16. The Balaban J connectivity index is 3.21. The number of hydrogen-bond acceptors (Lipinski definition) is 11. The topological polar surface area (TPSA) is 88.1 Å². The fourth-order valence-electron chi connectivity index (χ4n) is 1.03. The van der Waals surface area contributed by atoms with Crippen molar-refractivity contribution < 1.29 is 32.7 Å². The fourth-order valence-corrected chi connectivity index (χ4v) is 5.26. The highest BCUT2D eigenvalue weighted by atomic mass is 33.1. The van der Waals surface area contributed by atoms with Gasteiger partial charge in [0.15, 0.2) is 0 Å². The van der Waals surface area contributed by atoms with E-state index in [1.54, 1.807) is 43.2 Å². The van der Waals surface area contributed by atoms with E-state index in [1.165, 1.54) is 13.8 Å². The van der Waals surface area contributed by atoms with Gasteiger partial charge in [-0.2, -0.15) is 0 Å². The van der Waals surface area contributed by atoms with Gasteiger partial charge in [0.25, 0.3) is 0 Å². The quantitative estimate of drug-likeness (QED) is 0.154. The highest BCUT2D eigenvalue weighted by molar-refractivity contribution is 8.77. The average Bonchev–Trinajstić information content (AvgIpc) is 2.51. The zero-order valence-electron chi connectivity index (χ0n) is 13.6. The summed E-state index contributed by atoms with van der Waals surface area (Å²) < 4.78 is 31.2. The molecule has 0 aliphatic heterocycles. The molecule has 142 valence electrons. The predicted molar refractivity (Wildman–Crippen MR) is 104 cm³/mol. The maximum Gasteiger partial charge on any atom is 0.319 e. The molecule has 0 fully saturated rings. The number of hydrogen-bond donors (Lipinski definition) is 0. The van der Waals surface area contributed by atoms with Crippen LogP contribution in [0.3, 0.4) is 0 Å². The summed E-state index contributed by atoms with van der Waals surface area (Å²) >= 11 is 0. The number of carbonyl (C=O) groups is 2. The molecule has 0 unspecified atom stereocenters. The Labute approximate surface area is 159 Å². The standard InChI is InChI=1S/C12H23O7PS4/c1-11(13)16-3-7-21-23-9-5-18-20(15)19-6-10-24-22-8-4-17-12(2)14/h20H,3-10H2,1-2H3. The third-order valence-electron chi connectivity index (χ3n) is 1.88. The van der Waals surface area contributed by atoms with Crippen LogP contribution < -0.4 is 0 Å². The Morgan fingerprint density at radius 1 is 0.708 bits per heavy atom. The minimum atomic E-state index is -2.44. The van der Waals surface area contributed by atoms with Crippen molar-refractivity contribution >= 4 is 63.4 Å². The maximum absolute atomic E-state index is 11.5. The summed E-state index contributed by atoms with van der Waals surface area (Å²) in [6.07, 6.45) is 0. The first-order valence-electron chi connectivity index (χ1n) is 7.07. The molecule has 0 aromatic carbocycles. The van der Waals surface area contributed by atoms with Crippen molar-refractivity contribution in [3.63, 3.8) is 0 Å². The summed E-state index contributed by atoms with van der Waals surface area (Å²) in [6.45, 7) is 4.25. The molecule has 0 saturated carbocycles. The van der Waals surface area contributed by atoms with Gasteiger partial charge < -0.3 is 18.5 Å². The summed E-state index contributed by atoms with van der Waals surface area (Å²) in [5, 5.41) is 0. The van der Waals surface area contributed by atoms with Crippen LogP contribution in [0, 0.1) is 0 Å². The summed E-state index contributed by atoms with van der Waals surface area (Å²) in [7, 11) is 3.83. The summed E-state index contributed by atoms with van der Waals surface area (Å²) in [6, 6.07) is 0. The minimum absolute atomic E-state index is 0.277. The van der Waals surface area contributed by atoms with Gasteiger partial charge in [0.05, 0.1) is 13.2 Å². The molecule has 0 amide bonds. The van der Waals surface area contributed by atoms with E-state index in [2.05, 4.69) is 0 Å². The third-order valence-corrected chi connectivity index (χ3v) is 7.43. The van der Waals surface area contributed by atoms with Crippen LogP contribution >= 0.6 is 51.4 Å². The van der Waals surface area contributed by atoms with Crippen molar-refractivity contribution in [3.8, 4) is 0 Å². The van der Waals surface area contributed by atoms with E-state index in [9.17, 15) is 14.2 Å². The molecule has 0 saturated heterocycles. The molecule has 0 atom stereocenters. The van der Waals surface area contributed by atoms with Gasteiger partial charge in [0, 0.05) is 36.9 Å². The van der Waals surface area contributed by atoms with E-state index in [0.717, 1.165) is 0 Å². The highest BCUT2D eigenvalue weighted by Crippen LogP contribution is 2.28. The van der Waals surface area contributed by atoms with Crippen molar-refractivity contribution in [2.75, 3.05) is 49.4 Å². The molecule has 0 bridgehead atoms. The van der Waals surface area contributed by atoms with Gasteiger partial charge in [0.2, 0.25) is 0 Å². The van der Waals surface area contributed by atoms with Crippen LogP contribution in [0.4, 0.5) is 0 Å². The molecule has 24 heavy (non-hydrogen) atoms. The molecule has 0 aromatic heterocycles. The molecule has 0 aliphatic rings. The second kappa shape index (κ2) is 18.3. The third kappa shape index (κ3) is 20.5. The predicted octanol–water partition coefficient (Wildman–Crippen LogP) is 3.30. The first-order valence-corrected chi connectivity index (χ1v) is 13.3. The fraction of sp³-hybridized carbons (Fsp3) is 0.833. The lowest BCUT2D eigenvalue weighted by molar-refractivity contribution is -0.141. The Morgan fingerprint density at radius 2 is 1.04 bits per heavy atom. The Kier molecular flexibility index (Phi) is 18.7. The van der Waals surface area contributed by atoms with Crippen molar-refractivity contribution in [2.24, 2.45) is 0 Å². The summed E-state index contributed by atoms with van der Waals surface area (Å²) in [5.41, 5.74) is 0. The van der Waals surface area contributed by atoms with Gasteiger partial charge in [-0.05, 0) is 0 Å². The molecule has 0 aliphatic carbocycles. The minimum Gasteiger partial charge on any atom is -0.465 e. The molecule has 0 N–H and O–H groups in total. The van der Waals surface area contributed by atoms with E-state index >= 15 is 0 Å². The first-order chi connectivity index (χ1) is 11.5. The van der Waals surface area contributed by atoms with Crippen LogP contribution in [0.5, 0.6) is 0 Å². The highest BCUT2D eigenvalue weighted by Gasteiger charge is 2.01. The first kappa shape index (κ1) is 24.5. The van der Waals surface area contributed by atoms with E-state index in [-0.39, 0.29) is 11.9 Å². The second-order valence-corrected chi connectivity index (χ2v) is 10.4. The zero-order valence-corrected chi connectivity index (χ0v) is 17.9. The SMILES string of the molecule is CC(=O)OCCSSCCO[PH](=O)OCCSSCCOC(C)=O. The van der Waals surface area contributed by atoms with Crippen LogP contribution in [-0.4, -0.2) is 61.4 Å². The van der Waals surface area contributed by atoms with Gasteiger partial charge in [-0.3, -0.25) is 14.2 Å². The largest absolute Gasteiger partial charge is 0.465 e. The van der Waals surface area contributed by atoms with Crippen molar-refractivity contribution in [3.05, 3.63) is 0 Å². The number of esters is 2. The smallest absolute Gasteiger partial charge is 0.319 e. The lowest BCUT2D eigenvalue weighted by Gasteiger charge is -2.06. The van der Waals surface area contributed by atoms with Gasteiger partial charge in [0.1, 0.15) is 13.2 Å². The van der Waals surface area contributed by atoms with E-state index in [1.807, 2.05) is 0 Å². The van der Waals surface area contributed by atoms with Crippen molar-refractivity contribution in [1.29, 1.82) is 0 Å². The molecule has 7 nitrogen and oxygen atoms in total. The van der Waals surface area contributed by atoms with Gasteiger partial charge in [-0.15, -0.1) is 0 Å². The van der Waals surface area contributed by atoms with Gasteiger partial charge >= 0.3 is 20.2 Å². The summed E-state index contributed by atoms with van der Waals surface area (Å²) in [5.74, 6) is 2.24. The number of carbonyl (C=O) groups excluding carboxylic acids is 2. The molecular weight excluding hydrogens is 415 g/mol. The molecule has 0 radical (unpaired) electrons. The Hall–Kier alpha value is 0.490. The van der Waals surface area contributed by atoms with Gasteiger partial charge in [-0.25, -0.2) is 0 Å². The maximum atomic E-state index is 11.5. The van der Waals surface area contributed by atoms with Gasteiger partial charge in [-0.1, -0.05) is 43.2 Å². The Morgan fingerprint density at radius 3 is 1.38 bits per heavy atom. The average molecular weight is 439 g/mol. The lowest BCUT2D eigenvalue weighted by Crippen LogP contribution is -2.02. The Bertz CT molecular complexity index is 341. The summed E-state index contributed by atoms with van der Waals surface area (Å²) in [4.78, 5) is 21.1. The van der Waals surface area contributed by atoms with Crippen molar-refractivity contribution in [2.45, 2.75) is 13.8 Å². The molecular formula is C12H23O7PS4. The van der Waals surface area contributed by atoms with Crippen LogP contribution in [0.2, 0.25) is 0 Å². The van der Waals surface area contributed by atoms with Crippen LogP contribution in [0.15, 0.2) is 0 Å². The zero-order chi connectivity index (χ0) is 18.0. The van der Waals surface area contributed by atoms with Crippen LogP contribution in [0.1, 0.15) is 13.8 Å². The van der Waals surface area contributed by atoms with Crippen LogP contribution in [-0.2, 0) is 32.7 Å². The van der Waals surface area contributed by atoms with Crippen LogP contribution in [0.25, 0.3) is 0 Å². The van der Waals surface area contributed by atoms with Crippen molar-refractivity contribution in [1.82, 2.24) is 0 Å². The molecule has 0 rings (SSSR count). The molecule has 12 heteroatoms. The molecule has 0 heterocycles. The normalized spacial score (nSPS) is 10.8. The van der Waals surface area contributed by atoms with E-state index in [4.69, 9.17) is 18.5 Å². The lowest BCUT2D eigenvalue weighted by atomic mass is 10.8.